The average molecular weight is 559 g/mol. The summed E-state index contributed by atoms with van der Waals surface area (Å²) in [5.74, 6) is -0.935. The number of carboxylic acids is 1. The first-order valence-corrected chi connectivity index (χ1v) is 16.6. The van der Waals surface area contributed by atoms with E-state index in [0.29, 0.717) is 12.8 Å². The molecule has 1 atom stereocenters. The summed E-state index contributed by atoms with van der Waals surface area (Å²) >= 11 is 0. The SMILES string of the molecule is CCCCCCCCCCCC(=O)O.CCCCCCCCCCCCCCCCCC(=O)OCC(O)CO. The smallest absolute Gasteiger partial charge is 0.305 e. The molecule has 234 valence electrons. The van der Waals surface area contributed by atoms with E-state index in [1.165, 1.54) is 128 Å². The van der Waals surface area contributed by atoms with E-state index in [-0.39, 0.29) is 19.2 Å². The van der Waals surface area contributed by atoms with Gasteiger partial charge in [-0.15, -0.1) is 0 Å². The zero-order chi connectivity index (χ0) is 29.2. The highest BCUT2D eigenvalue weighted by Crippen LogP contribution is 2.14. The fourth-order valence-electron chi connectivity index (χ4n) is 4.54. The molecule has 0 aliphatic carbocycles. The minimum Gasteiger partial charge on any atom is -0.481 e. The van der Waals surface area contributed by atoms with Gasteiger partial charge in [0.2, 0.25) is 0 Å². The second-order valence-corrected chi connectivity index (χ2v) is 11.2. The van der Waals surface area contributed by atoms with Gasteiger partial charge < -0.3 is 20.1 Å². The van der Waals surface area contributed by atoms with Crippen LogP contribution in [0.15, 0.2) is 0 Å². The largest absolute Gasteiger partial charge is 0.481 e. The molecule has 0 radical (unpaired) electrons. The molecule has 0 rings (SSSR count). The van der Waals surface area contributed by atoms with Crippen LogP contribution in [0.2, 0.25) is 0 Å². The van der Waals surface area contributed by atoms with Crippen LogP contribution in [0.25, 0.3) is 0 Å². The highest BCUT2D eigenvalue weighted by atomic mass is 16.5. The number of hydrogen-bond acceptors (Lipinski definition) is 5. The van der Waals surface area contributed by atoms with Crippen LogP contribution in [0.1, 0.15) is 181 Å². The van der Waals surface area contributed by atoms with E-state index < -0.39 is 12.1 Å². The van der Waals surface area contributed by atoms with Crippen LogP contribution in [0.5, 0.6) is 0 Å². The molecule has 0 fully saturated rings. The van der Waals surface area contributed by atoms with Gasteiger partial charge in [0.1, 0.15) is 12.7 Å². The Kier molecular flexibility index (Phi) is 35.8. The van der Waals surface area contributed by atoms with Crippen molar-refractivity contribution in [1.29, 1.82) is 0 Å². The fourth-order valence-corrected chi connectivity index (χ4v) is 4.54. The van der Waals surface area contributed by atoms with Crippen molar-refractivity contribution in [3.05, 3.63) is 0 Å². The molecule has 39 heavy (non-hydrogen) atoms. The molecule has 6 nitrogen and oxygen atoms in total. The van der Waals surface area contributed by atoms with Crippen LogP contribution in [-0.2, 0) is 14.3 Å². The first-order valence-electron chi connectivity index (χ1n) is 16.6. The molecule has 0 amide bonds. The number of hydrogen-bond donors (Lipinski definition) is 3. The quantitative estimate of drug-likeness (QED) is 0.0624. The highest BCUT2D eigenvalue weighted by Gasteiger charge is 2.07. The lowest BCUT2D eigenvalue weighted by molar-refractivity contribution is -0.147. The Morgan fingerprint density at radius 3 is 1.15 bits per heavy atom. The van der Waals surface area contributed by atoms with Gasteiger partial charge in [-0.3, -0.25) is 9.59 Å². The number of carboxylic acid groups (broad SMARTS) is 1. The fraction of sp³-hybridized carbons (Fsp3) is 0.939. The lowest BCUT2D eigenvalue weighted by Crippen LogP contribution is -2.21. The van der Waals surface area contributed by atoms with Crippen molar-refractivity contribution in [3.8, 4) is 0 Å². The summed E-state index contributed by atoms with van der Waals surface area (Å²) in [5, 5.41) is 26.1. The Labute approximate surface area is 241 Å². The maximum absolute atomic E-state index is 11.4. The first kappa shape index (κ1) is 40.0. The molecule has 1 unspecified atom stereocenters. The predicted octanol–water partition coefficient (Wildman–Crippen LogP) is 9.14. The number of ether oxygens (including phenoxy) is 1. The minimum atomic E-state index is -0.954. The van der Waals surface area contributed by atoms with Gasteiger partial charge in [0, 0.05) is 12.8 Å². The lowest BCUT2D eigenvalue weighted by atomic mass is 10.0. The maximum Gasteiger partial charge on any atom is 0.305 e. The van der Waals surface area contributed by atoms with Gasteiger partial charge in [-0.25, -0.2) is 0 Å². The Morgan fingerprint density at radius 2 is 0.846 bits per heavy atom. The zero-order valence-electron chi connectivity index (χ0n) is 25.9. The summed E-state index contributed by atoms with van der Waals surface area (Å²) in [6.45, 7) is 4.02. The number of aliphatic carboxylic acids is 1. The normalized spacial score (nSPS) is 11.6. The molecule has 3 N–H and O–H groups in total. The molecule has 6 heteroatoms. The van der Waals surface area contributed by atoms with Crippen LogP contribution < -0.4 is 0 Å². The van der Waals surface area contributed by atoms with E-state index in [1.54, 1.807) is 0 Å². The second kappa shape index (κ2) is 34.9. The van der Waals surface area contributed by atoms with Crippen molar-refractivity contribution < 1.29 is 29.6 Å². The van der Waals surface area contributed by atoms with Gasteiger partial charge in [-0.2, -0.15) is 0 Å². The van der Waals surface area contributed by atoms with Crippen LogP contribution in [0, 0.1) is 0 Å². The van der Waals surface area contributed by atoms with Crippen LogP contribution in [0.3, 0.4) is 0 Å². The van der Waals surface area contributed by atoms with Crippen LogP contribution >= 0.6 is 0 Å². The zero-order valence-corrected chi connectivity index (χ0v) is 25.9. The molecule has 0 saturated heterocycles. The minimum absolute atomic E-state index is 0.103. The van der Waals surface area contributed by atoms with E-state index in [2.05, 4.69) is 13.8 Å². The number of carbonyl (C=O) groups excluding carboxylic acids is 1. The first-order chi connectivity index (χ1) is 19.0. The number of unbranched alkanes of at least 4 members (excludes halogenated alkanes) is 22. The van der Waals surface area contributed by atoms with Gasteiger partial charge in [0.05, 0.1) is 6.61 Å². The number of esters is 1. The third-order valence-corrected chi connectivity index (χ3v) is 7.13. The average Bonchev–Trinajstić information content (AvgIpc) is 2.93. The summed E-state index contributed by atoms with van der Waals surface area (Å²) < 4.78 is 4.86. The monoisotopic (exact) mass is 558 g/mol. The third-order valence-electron chi connectivity index (χ3n) is 7.13. The third kappa shape index (κ3) is 39.1. The van der Waals surface area contributed by atoms with Gasteiger partial charge in [0.25, 0.3) is 0 Å². The van der Waals surface area contributed by atoms with E-state index in [4.69, 9.17) is 20.1 Å². The summed E-state index contributed by atoms with van der Waals surface area (Å²) in [7, 11) is 0. The molecule has 0 saturated carbocycles. The van der Waals surface area contributed by atoms with Crippen LogP contribution in [-0.4, -0.2) is 46.6 Å². The standard InChI is InChI=1S/C21H42O4.C12H24O2/c1-2-3-4-5-6-7-8-9-10-11-12-13-14-15-16-17-21(24)25-19-20(23)18-22;1-2-3-4-5-6-7-8-9-10-11-12(13)14/h20,22-23H,2-19H2,1H3;2-11H2,1H3,(H,13,14). The Balaban J connectivity index is 0. The van der Waals surface area contributed by atoms with E-state index >= 15 is 0 Å². The molecular weight excluding hydrogens is 492 g/mol. The molecule has 0 aromatic carbocycles. The lowest BCUT2D eigenvalue weighted by Gasteiger charge is -2.08. The Hall–Kier alpha value is -1.14. The number of rotatable bonds is 29. The summed E-state index contributed by atoms with van der Waals surface area (Å²) in [4.78, 5) is 21.6. The molecule has 0 aliphatic heterocycles. The maximum atomic E-state index is 11.4. The molecule has 0 spiro atoms. The summed E-state index contributed by atoms with van der Waals surface area (Å²) in [5.41, 5.74) is 0. The van der Waals surface area contributed by atoms with E-state index in [1.807, 2.05) is 0 Å². The van der Waals surface area contributed by atoms with Crippen molar-refractivity contribution in [2.24, 2.45) is 0 Å². The second-order valence-electron chi connectivity index (χ2n) is 11.2. The van der Waals surface area contributed by atoms with Gasteiger partial charge in [-0.1, -0.05) is 155 Å². The highest BCUT2D eigenvalue weighted by molar-refractivity contribution is 5.69. The molecule has 0 aromatic heterocycles. The Morgan fingerprint density at radius 1 is 0.538 bits per heavy atom. The Bertz CT molecular complexity index is 497. The number of carbonyl (C=O) groups is 2. The van der Waals surface area contributed by atoms with Crippen molar-refractivity contribution in [2.75, 3.05) is 13.2 Å². The molecular formula is C33H66O6. The molecule has 0 aromatic rings. The van der Waals surface area contributed by atoms with Crippen LogP contribution in [0.4, 0.5) is 0 Å². The topological polar surface area (TPSA) is 104 Å². The molecule has 0 bridgehead atoms. The number of aliphatic hydroxyl groups excluding tert-OH is 2. The van der Waals surface area contributed by atoms with Crippen molar-refractivity contribution in [3.63, 3.8) is 0 Å². The number of aliphatic hydroxyl groups is 2. The van der Waals surface area contributed by atoms with Crippen molar-refractivity contribution in [2.45, 2.75) is 187 Å². The van der Waals surface area contributed by atoms with Gasteiger partial charge >= 0.3 is 11.9 Å². The molecule has 0 heterocycles. The van der Waals surface area contributed by atoms with Gasteiger partial charge in [-0.05, 0) is 12.8 Å². The van der Waals surface area contributed by atoms with Gasteiger partial charge in [0.15, 0.2) is 0 Å². The van der Waals surface area contributed by atoms with Crippen molar-refractivity contribution in [1.82, 2.24) is 0 Å². The summed E-state index contributed by atoms with van der Waals surface area (Å²) in [6.07, 6.45) is 30.5. The van der Waals surface area contributed by atoms with E-state index in [0.717, 1.165) is 25.7 Å². The predicted molar refractivity (Wildman–Crippen MR) is 163 cm³/mol. The summed E-state index contributed by atoms with van der Waals surface area (Å²) in [6, 6.07) is 0. The van der Waals surface area contributed by atoms with Crippen molar-refractivity contribution >= 4 is 11.9 Å². The van der Waals surface area contributed by atoms with E-state index in [9.17, 15) is 9.59 Å². The molecule has 0 aliphatic rings.